The van der Waals surface area contributed by atoms with E-state index >= 15 is 0 Å². The van der Waals surface area contributed by atoms with Crippen molar-refractivity contribution in [2.75, 3.05) is 0 Å². The number of para-hydroxylation sites is 1. The molecule has 5 nitrogen and oxygen atoms in total. The first-order chi connectivity index (χ1) is 9.49. The van der Waals surface area contributed by atoms with Crippen LogP contribution in [0.2, 0.25) is 0 Å². The molecule has 1 aliphatic heterocycles. The van der Waals surface area contributed by atoms with E-state index in [1.807, 2.05) is 13.0 Å². The number of rotatable bonds is 0. The van der Waals surface area contributed by atoms with E-state index in [-0.39, 0.29) is 23.5 Å². The predicted molar refractivity (Wildman–Crippen MR) is 70.7 cm³/mol. The maximum atomic E-state index is 12.2. The maximum Gasteiger partial charge on any atom is 0.202 e. The summed E-state index contributed by atoms with van der Waals surface area (Å²) in [4.78, 5) is 12.2. The van der Waals surface area contributed by atoms with Crippen LogP contribution < -0.4 is 4.74 Å². The van der Waals surface area contributed by atoms with Gasteiger partial charge in [-0.2, -0.15) is 0 Å². The number of carbonyl (C=O) groups excluding carboxylic acids is 1. The molecule has 0 fully saturated rings. The summed E-state index contributed by atoms with van der Waals surface area (Å²) in [6, 6.07) is 6.30. The Morgan fingerprint density at radius 3 is 2.60 bits per heavy atom. The minimum absolute atomic E-state index is 0.0573. The number of phenols is 3. The van der Waals surface area contributed by atoms with Gasteiger partial charge in [-0.05, 0) is 12.5 Å². The lowest BCUT2D eigenvalue weighted by atomic mass is 10.0. The van der Waals surface area contributed by atoms with E-state index in [1.54, 1.807) is 12.1 Å². The SMILES string of the molecule is Cc1cccc2c1Oc1c(O)c(O)cc(O)c1C(=O)C2. The van der Waals surface area contributed by atoms with Gasteiger partial charge in [-0.3, -0.25) is 4.79 Å². The number of phenolic OH excluding ortho intramolecular Hbond substituents is 3. The molecule has 3 N–H and O–H groups in total. The molecule has 0 aliphatic carbocycles. The summed E-state index contributed by atoms with van der Waals surface area (Å²) < 4.78 is 5.61. The number of hydrogen-bond donors (Lipinski definition) is 3. The largest absolute Gasteiger partial charge is 0.507 e. The number of aromatic hydroxyl groups is 3. The van der Waals surface area contributed by atoms with Gasteiger partial charge in [0.25, 0.3) is 0 Å². The first kappa shape index (κ1) is 12.3. The van der Waals surface area contributed by atoms with Crippen LogP contribution in [0.1, 0.15) is 21.5 Å². The van der Waals surface area contributed by atoms with E-state index in [0.29, 0.717) is 11.3 Å². The zero-order valence-electron chi connectivity index (χ0n) is 10.7. The summed E-state index contributed by atoms with van der Waals surface area (Å²) in [5.74, 6) is -1.63. The number of carbonyl (C=O) groups is 1. The Balaban J connectivity index is 2.31. The van der Waals surface area contributed by atoms with Gasteiger partial charge >= 0.3 is 0 Å². The lowest BCUT2D eigenvalue weighted by molar-refractivity contribution is 0.0990. The highest BCUT2D eigenvalue weighted by Crippen LogP contribution is 2.48. The van der Waals surface area contributed by atoms with Crippen molar-refractivity contribution < 1.29 is 24.9 Å². The fourth-order valence-corrected chi connectivity index (χ4v) is 2.35. The van der Waals surface area contributed by atoms with Gasteiger partial charge in [0.1, 0.15) is 17.1 Å². The highest BCUT2D eigenvalue weighted by Gasteiger charge is 2.29. The van der Waals surface area contributed by atoms with E-state index in [4.69, 9.17) is 4.74 Å². The zero-order chi connectivity index (χ0) is 14.4. The van der Waals surface area contributed by atoms with Crippen LogP contribution in [0.3, 0.4) is 0 Å². The van der Waals surface area contributed by atoms with Gasteiger partial charge < -0.3 is 20.1 Å². The normalized spacial score (nSPS) is 13.2. The minimum Gasteiger partial charge on any atom is -0.507 e. The summed E-state index contributed by atoms with van der Waals surface area (Å²) in [5, 5.41) is 29.3. The Hall–Kier alpha value is -2.69. The third-order valence-corrected chi connectivity index (χ3v) is 3.34. The second kappa shape index (κ2) is 4.16. The van der Waals surface area contributed by atoms with Crippen molar-refractivity contribution in [1.29, 1.82) is 0 Å². The fourth-order valence-electron chi connectivity index (χ4n) is 2.35. The highest BCUT2D eigenvalue weighted by molar-refractivity contribution is 6.04. The van der Waals surface area contributed by atoms with Gasteiger partial charge in [0.15, 0.2) is 17.3 Å². The molecule has 3 rings (SSSR count). The van der Waals surface area contributed by atoms with Crippen LogP contribution in [0, 0.1) is 6.92 Å². The molecule has 1 aliphatic rings. The van der Waals surface area contributed by atoms with Gasteiger partial charge in [-0.25, -0.2) is 0 Å². The van der Waals surface area contributed by atoms with Crippen molar-refractivity contribution in [2.24, 2.45) is 0 Å². The monoisotopic (exact) mass is 272 g/mol. The quantitative estimate of drug-likeness (QED) is 0.507. The fraction of sp³-hybridized carbons (Fsp3) is 0.133. The molecule has 0 bridgehead atoms. The first-order valence-corrected chi connectivity index (χ1v) is 6.06. The van der Waals surface area contributed by atoms with Crippen LogP contribution in [-0.2, 0) is 6.42 Å². The van der Waals surface area contributed by atoms with Crippen molar-refractivity contribution in [3.63, 3.8) is 0 Å². The second-order valence-corrected chi connectivity index (χ2v) is 4.73. The van der Waals surface area contributed by atoms with Crippen LogP contribution in [0.25, 0.3) is 0 Å². The van der Waals surface area contributed by atoms with Crippen LogP contribution in [0.5, 0.6) is 28.7 Å². The second-order valence-electron chi connectivity index (χ2n) is 4.73. The Bertz CT molecular complexity index is 734. The lowest BCUT2D eigenvalue weighted by Crippen LogP contribution is -2.02. The number of aryl methyl sites for hydroxylation is 1. The Morgan fingerprint density at radius 2 is 1.85 bits per heavy atom. The third-order valence-electron chi connectivity index (χ3n) is 3.34. The molecule has 0 saturated carbocycles. The standard InChI is InChI=1S/C15H12O5/c1-7-3-2-4-8-5-9(16)12-10(17)6-11(18)13(19)15(12)20-14(7)8/h2-4,6,17-19H,5H2,1H3. The lowest BCUT2D eigenvalue weighted by Gasteiger charge is -2.13. The van der Waals surface area contributed by atoms with Gasteiger partial charge in [0.05, 0.1) is 0 Å². The average Bonchev–Trinajstić information content (AvgIpc) is 2.53. The number of Topliss-reactive ketones (excluding diaryl/α,β-unsaturated/α-hetero) is 1. The molecule has 0 atom stereocenters. The van der Waals surface area contributed by atoms with Crippen molar-refractivity contribution in [3.8, 4) is 28.7 Å². The van der Waals surface area contributed by atoms with Crippen LogP contribution >= 0.6 is 0 Å². The van der Waals surface area contributed by atoms with Crippen LogP contribution in [0.15, 0.2) is 24.3 Å². The highest BCUT2D eigenvalue weighted by atomic mass is 16.5. The van der Waals surface area contributed by atoms with E-state index in [1.165, 1.54) is 0 Å². The Morgan fingerprint density at radius 1 is 1.10 bits per heavy atom. The number of ketones is 1. The minimum atomic E-state index is -0.553. The Kier molecular flexibility index (Phi) is 2.57. The van der Waals surface area contributed by atoms with Gasteiger partial charge in [0.2, 0.25) is 5.75 Å². The predicted octanol–water partition coefficient (Wildman–Crippen LogP) is 2.64. The van der Waals surface area contributed by atoms with E-state index in [9.17, 15) is 20.1 Å². The molecule has 2 aromatic carbocycles. The molecule has 0 spiro atoms. The molecular formula is C15H12O5. The van der Waals surface area contributed by atoms with Gasteiger partial charge in [-0.15, -0.1) is 0 Å². The zero-order valence-corrected chi connectivity index (χ0v) is 10.7. The Labute approximate surface area is 114 Å². The van der Waals surface area contributed by atoms with Crippen molar-refractivity contribution in [3.05, 3.63) is 41.0 Å². The number of fused-ring (bicyclic) bond motifs is 2. The maximum absolute atomic E-state index is 12.2. The van der Waals surface area contributed by atoms with E-state index < -0.39 is 17.2 Å². The summed E-state index contributed by atoms with van der Waals surface area (Å²) in [6.07, 6.45) is 0.0573. The first-order valence-electron chi connectivity index (χ1n) is 6.06. The molecule has 2 aromatic rings. The summed E-state index contributed by atoms with van der Waals surface area (Å²) >= 11 is 0. The summed E-state index contributed by atoms with van der Waals surface area (Å²) in [7, 11) is 0. The van der Waals surface area contributed by atoms with Gasteiger partial charge in [-0.1, -0.05) is 18.2 Å². The number of ether oxygens (including phenoxy) is 1. The molecule has 0 saturated heterocycles. The van der Waals surface area contributed by atoms with E-state index in [0.717, 1.165) is 11.6 Å². The van der Waals surface area contributed by atoms with Crippen molar-refractivity contribution in [2.45, 2.75) is 13.3 Å². The smallest absolute Gasteiger partial charge is 0.202 e. The molecule has 5 heteroatoms. The summed E-state index contributed by atoms with van der Waals surface area (Å²) in [6.45, 7) is 1.81. The summed E-state index contributed by atoms with van der Waals surface area (Å²) in [5.41, 5.74) is 1.35. The molecule has 0 amide bonds. The van der Waals surface area contributed by atoms with E-state index in [2.05, 4.69) is 0 Å². The molecule has 20 heavy (non-hydrogen) atoms. The molecule has 0 unspecified atom stereocenters. The van der Waals surface area contributed by atoms with Gasteiger partial charge in [0, 0.05) is 18.1 Å². The molecule has 0 aromatic heterocycles. The van der Waals surface area contributed by atoms with Crippen LogP contribution in [-0.4, -0.2) is 21.1 Å². The number of hydrogen-bond acceptors (Lipinski definition) is 5. The molecular weight excluding hydrogens is 260 g/mol. The molecule has 102 valence electrons. The third kappa shape index (κ3) is 1.67. The average molecular weight is 272 g/mol. The molecule has 0 radical (unpaired) electrons. The van der Waals surface area contributed by atoms with Crippen molar-refractivity contribution in [1.82, 2.24) is 0 Å². The van der Waals surface area contributed by atoms with Crippen molar-refractivity contribution >= 4 is 5.78 Å². The topological polar surface area (TPSA) is 87.0 Å². The number of benzene rings is 2. The van der Waals surface area contributed by atoms with Crippen LogP contribution in [0.4, 0.5) is 0 Å². The molecule has 1 heterocycles.